The van der Waals surface area contributed by atoms with Gasteiger partial charge in [0.15, 0.2) is 0 Å². The number of benzene rings is 1. The van der Waals surface area contributed by atoms with Crippen LogP contribution in [-0.2, 0) is 4.74 Å². The van der Waals surface area contributed by atoms with Crippen LogP contribution in [0.1, 0.15) is 25.7 Å². The predicted molar refractivity (Wildman–Crippen MR) is 68.1 cm³/mol. The molecule has 0 amide bonds. The minimum absolute atomic E-state index is 0.494. The Kier molecular flexibility index (Phi) is 4.49. The van der Waals surface area contributed by atoms with Gasteiger partial charge in [0, 0.05) is 13.2 Å². The van der Waals surface area contributed by atoms with Crippen molar-refractivity contribution < 1.29 is 4.74 Å². The highest BCUT2D eigenvalue weighted by molar-refractivity contribution is 6.33. The molecule has 1 saturated heterocycles. The number of hydrogen-bond donors (Lipinski definition) is 1. The van der Waals surface area contributed by atoms with Gasteiger partial charge in [-0.25, -0.2) is 0 Å². The molecule has 1 atom stereocenters. The van der Waals surface area contributed by atoms with Gasteiger partial charge in [0.05, 0.1) is 16.8 Å². The Morgan fingerprint density at radius 3 is 3.00 bits per heavy atom. The lowest BCUT2D eigenvalue weighted by Crippen LogP contribution is -2.09. The standard InChI is InChI=1S/C13H18ClNO/c14-12-7-1-2-8-13(12)15-9-3-5-11-6-4-10-16-11/h1-2,7-8,11,15H,3-6,9-10H2. The molecule has 0 aliphatic carbocycles. The van der Waals surface area contributed by atoms with Crippen LogP contribution in [0.3, 0.4) is 0 Å². The molecular weight excluding hydrogens is 222 g/mol. The van der Waals surface area contributed by atoms with Gasteiger partial charge in [-0.1, -0.05) is 23.7 Å². The maximum absolute atomic E-state index is 6.04. The van der Waals surface area contributed by atoms with Crippen LogP contribution in [-0.4, -0.2) is 19.3 Å². The summed E-state index contributed by atoms with van der Waals surface area (Å²) < 4.78 is 5.58. The van der Waals surface area contributed by atoms with Crippen LogP contribution in [0.5, 0.6) is 0 Å². The first kappa shape index (κ1) is 11.7. The van der Waals surface area contributed by atoms with Gasteiger partial charge in [0.1, 0.15) is 0 Å². The highest BCUT2D eigenvalue weighted by Gasteiger charge is 2.14. The van der Waals surface area contributed by atoms with Crippen molar-refractivity contribution in [2.45, 2.75) is 31.8 Å². The third-order valence-electron chi connectivity index (χ3n) is 2.92. The van der Waals surface area contributed by atoms with Gasteiger partial charge in [0.25, 0.3) is 0 Å². The van der Waals surface area contributed by atoms with E-state index in [0.717, 1.165) is 36.7 Å². The van der Waals surface area contributed by atoms with Gasteiger partial charge in [-0.3, -0.25) is 0 Å². The lowest BCUT2D eigenvalue weighted by molar-refractivity contribution is 0.103. The fourth-order valence-electron chi connectivity index (χ4n) is 2.03. The molecule has 0 spiro atoms. The molecule has 3 heteroatoms. The molecule has 2 nitrogen and oxygen atoms in total. The van der Waals surface area contributed by atoms with Gasteiger partial charge < -0.3 is 10.1 Å². The quantitative estimate of drug-likeness (QED) is 0.791. The molecule has 1 aliphatic rings. The van der Waals surface area contributed by atoms with Crippen molar-refractivity contribution in [2.24, 2.45) is 0 Å². The molecule has 1 N–H and O–H groups in total. The van der Waals surface area contributed by atoms with E-state index in [1.54, 1.807) is 0 Å². The zero-order valence-corrected chi connectivity index (χ0v) is 10.2. The smallest absolute Gasteiger partial charge is 0.0637 e. The summed E-state index contributed by atoms with van der Waals surface area (Å²) in [4.78, 5) is 0. The Hall–Kier alpha value is -0.730. The van der Waals surface area contributed by atoms with E-state index >= 15 is 0 Å². The lowest BCUT2D eigenvalue weighted by Gasteiger charge is -2.11. The summed E-state index contributed by atoms with van der Waals surface area (Å²) in [6.07, 6.45) is 5.23. The van der Waals surface area contributed by atoms with Gasteiger partial charge in [-0.2, -0.15) is 0 Å². The highest BCUT2D eigenvalue weighted by Crippen LogP contribution is 2.21. The molecule has 0 saturated carbocycles. The number of anilines is 1. The second kappa shape index (κ2) is 6.12. The molecular formula is C13H18ClNO. The van der Waals surface area contributed by atoms with Crippen molar-refractivity contribution in [1.29, 1.82) is 0 Å². The Morgan fingerprint density at radius 2 is 2.25 bits per heavy atom. The van der Waals surface area contributed by atoms with Crippen molar-refractivity contribution >= 4 is 17.3 Å². The van der Waals surface area contributed by atoms with E-state index in [0.29, 0.717) is 6.10 Å². The Morgan fingerprint density at radius 1 is 1.38 bits per heavy atom. The monoisotopic (exact) mass is 239 g/mol. The molecule has 1 heterocycles. The van der Waals surface area contributed by atoms with E-state index in [1.165, 1.54) is 12.8 Å². The molecule has 1 aromatic rings. The first-order chi connectivity index (χ1) is 7.86. The summed E-state index contributed by atoms with van der Waals surface area (Å²) in [5.41, 5.74) is 1.02. The molecule has 16 heavy (non-hydrogen) atoms. The second-order valence-electron chi connectivity index (χ2n) is 4.18. The molecule has 1 aliphatic heterocycles. The highest BCUT2D eigenvalue weighted by atomic mass is 35.5. The van der Waals surface area contributed by atoms with Crippen LogP contribution >= 0.6 is 11.6 Å². The van der Waals surface area contributed by atoms with Crippen LogP contribution in [0, 0.1) is 0 Å². The first-order valence-electron chi connectivity index (χ1n) is 5.96. The topological polar surface area (TPSA) is 21.3 Å². The Labute approximate surface area is 102 Å². The first-order valence-corrected chi connectivity index (χ1v) is 6.34. The largest absolute Gasteiger partial charge is 0.384 e. The van der Waals surface area contributed by atoms with Crippen molar-refractivity contribution in [3.63, 3.8) is 0 Å². The molecule has 2 rings (SSSR count). The number of halogens is 1. The SMILES string of the molecule is Clc1ccccc1NCCCC1CCCO1. The third-order valence-corrected chi connectivity index (χ3v) is 3.25. The van der Waals surface area contributed by atoms with Crippen LogP contribution in [0.4, 0.5) is 5.69 Å². The summed E-state index contributed by atoms with van der Waals surface area (Å²) in [6, 6.07) is 7.85. The van der Waals surface area contributed by atoms with E-state index in [4.69, 9.17) is 16.3 Å². The summed E-state index contributed by atoms with van der Waals surface area (Å²) in [6.45, 7) is 1.91. The van der Waals surface area contributed by atoms with Crippen LogP contribution < -0.4 is 5.32 Å². The number of ether oxygens (including phenoxy) is 1. The number of hydrogen-bond acceptors (Lipinski definition) is 2. The number of rotatable bonds is 5. The van der Waals surface area contributed by atoms with Crippen molar-refractivity contribution in [3.05, 3.63) is 29.3 Å². The maximum atomic E-state index is 6.04. The van der Waals surface area contributed by atoms with Gasteiger partial charge in [0.2, 0.25) is 0 Å². The van der Waals surface area contributed by atoms with E-state index in [-0.39, 0.29) is 0 Å². The molecule has 0 bridgehead atoms. The third kappa shape index (κ3) is 3.39. The van der Waals surface area contributed by atoms with Crippen LogP contribution in [0.2, 0.25) is 5.02 Å². The molecule has 1 aromatic carbocycles. The van der Waals surface area contributed by atoms with Crippen LogP contribution in [0.15, 0.2) is 24.3 Å². The molecule has 1 unspecified atom stereocenters. The average molecular weight is 240 g/mol. The fourth-order valence-corrected chi connectivity index (χ4v) is 2.23. The second-order valence-corrected chi connectivity index (χ2v) is 4.59. The summed E-state index contributed by atoms with van der Waals surface area (Å²) in [5.74, 6) is 0. The summed E-state index contributed by atoms with van der Waals surface area (Å²) >= 11 is 6.04. The molecule has 0 radical (unpaired) electrons. The van der Waals surface area contributed by atoms with Gasteiger partial charge in [-0.15, -0.1) is 0 Å². The van der Waals surface area contributed by atoms with E-state index in [1.807, 2.05) is 24.3 Å². The molecule has 0 aromatic heterocycles. The fraction of sp³-hybridized carbons (Fsp3) is 0.538. The number of para-hydroxylation sites is 1. The van der Waals surface area contributed by atoms with E-state index < -0.39 is 0 Å². The minimum atomic E-state index is 0.494. The maximum Gasteiger partial charge on any atom is 0.0637 e. The minimum Gasteiger partial charge on any atom is -0.384 e. The summed E-state index contributed by atoms with van der Waals surface area (Å²) in [5, 5.41) is 4.14. The van der Waals surface area contributed by atoms with Crippen LogP contribution in [0.25, 0.3) is 0 Å². The Bertz CT molecular complexity index is 323. The van der Waals surface area contributed by atoms with E-state index in [9.17, 15) is 0 Å². The van der Waals surface area contributed by atoms with Crippen molar-refractivity contribution in [3.8, 4) is 0 Å². The van der Waals surface area contributed by atoms with E-state index in [2.05, 4.69) is 5.32 Å². The predicted octanol–water partition coefficient (Wildman–Crippen LogP) is 3.71. The number of nitrogens with one attached hydrogen (secondary N) is 1. The molecule has 88 valence electrons. The zero-order valence-electron chi connectivity index (χ0n) is 9.42. The zero-order chi connectivity index (χ0) is 11.2. The van der Waals surface area contributed by atoms with Crippen molar-refractivity contribution in [2.75, 3.05) is 18.5 Å². The Balaban J connectivity index is 1.66. The summed E-state index contributed by atoms with van der Waals surface area (Å²) in [7, 11) is 0. The average Bonchev–Trinajstić information content (AvgIpc) is 2.79. The van der Waals surface area contributed by atoms with Crippen molar-refractivity contribution in [1.82, 2.24) is 0 Å². The molecule has 1 fully saturated rings. The van der Waals surface area contributed by atoms with Gasteiger partial charge in [-0.05, 0) is 37.8 Å². The normalized spacial score (nSPS) is 19.9. The lowest BCUT2D eigenvalue weighted by atomic mass is 10.1. The van der Waals surface area contributed by atoms with Gasteiger partial charge >= 0.3 is 0 Å².